The molecule has 6 aliphatic heterocycles. The Bertz CT molecular complexity index is 6410. The number of aromatic nitrogens is 3. The van der Waals surface area contributed by atoms with Crippen LogP contribution in [0, 0.1) is 0 Å². The first kappa shape index (κ1) is 52.4. The minimum absolute atomic E-state index is 0.278. The van der Waals surface area contributed by atoms with E-state index in [9.17, 15) is 0 Å². The first-order valence-electron chi connectivity index (χ1n) is 33.8. The molecule has 6 heteroatoms. The third-order valence-electron chi connectivity index (χ3n) is 22.2. The molecule has 9 heterocycles. The molecule has 0 spiro atoms. The van der Waals surface area contributed by atoms with E-state index in [1.54, 1.807) is 0 Å². The smallest absolute Gasteiger partial charge is 0.248 e. The first-order chi connectivity index (χ1) is 47.7. The van der Waals surface area contributed by atoms with Gasteiger partial charge >= 0.3 is 0 Å². The van der Waals surface area contributed by atoms with Crippen LogP contribution in [0.4, 0.5) is 0 Å². The Morgan fingerprint density at radius 3 is 1.16 bits per heavy atom. The highest BCUT2D eigenvalue weighted by atomic mass is 15.0. The number of rotatable bonds is 3. The van der Waals surface area contributed by atoms with Gasteiger partial charge in [0.2, 0.25) is 20.1 Å². The standard InChI is InChI=1S/3C30H18BN/c1-2-9-19(10-3-1)20-17-18-27-29-28(20)23-12-4-6-14-24(23)31(29)25-15-8-13-22-21-11-5-7-16-26(21)32(27)30(22)25;1-2-9-19(10-3-1)20-17-24-21-11-4-6-14-25(21)31-26-15-8-13-23-22-12-5-7-16-27(22)32(30(23)26)28(18-20)29(24)31;1-2-9-19(10-3-1)20-17-18-23-21-11-4-6-14-25(21)31-26-15-8-13-24-22-12-5-7-16-27(22)32(29(24)26)30(20)28(23)31/h3*1-18H. The van der Waals surface area contributed by atoms with Crippen molar-refractivity contribution in [3.05, 3.63) is 328 Å². The quantitative estimate of drug-likeness (QED) is 0.157. The van der Waals surface area contributed by atoms with Crippen molar-refractivity contribution in [3.63, 3.8) is 0 Å². The van der Waals surface area contributed by atoms with Gasteiger partial charge < -0.3 is 13.7 Å². The van der Waals surface area contributed by atoms with Crippen molar-refractivity contribution in [2.45, 2.75) is 0 Å². The molecule has 0 fully saturated rings. The maximum Gasteiger partial charge on any atom is 0.248 e. The number of hydrogen-bond acceptors (Lipinski definition) is 0. The first-order valence-corrected chi connectivity index (χ1v) is 33.8. The molecule has 0 N–H and O–H groups in total. The van der Waals surface area contributed by atoms with E-state index in [0.717, 1.165) is 0 Å². The average molecular weight is 1210 g/mol. The molecule has 0 atom stereocenters. The van der Waals surface area contributed by atoms with E-state index in [4.69, 9.17) is 0 Å². The predicted molar refractivity (Wildman–Crippen MR) is 409 cm³/mol. The minimum atomic E-state index is 0.278. The summed E-state index contributed by atoms with van der Waals surface area (Å²) in [6.07, 6.45) is 0. The fourth-order valence-electron chi connectivity index (χ4n) is 18.6. The van der Waals surface area contributed by atoms with Crippen LogP contribution in [0.2, 0.25) is 0 Å². The number of nitrogens with zero attached hydrogens (tertiary/aromatic N) is 3. The number of fused-ring (bicyclic) bond motifs is 24. The summed E-state index contributed by atoms with van der Waals surface area (Å²) >= 11 is 0. The van der Waals surface area contributed by atoms with Gasteiger partial charge in [0, 0.05) is 71.5 Å². The number of hydrogen-bond donors (Lipinski definition) is 0. The van der Waals surface area contributed by atoms with E-state index in [-0.39, 0.29) is 13.4 Å². The lowest BCUT2D eigenvalue weighted by molar-refractivity contribution is 1.19. The highest BCUT2D eigenvalue weighted by Gasteiger charge is 2.45. The molecule has 3 nitrogen and oxygen atoms in total. The topological polar surface area (TPSA) is 14.8 Å². The summed E-state index contributed by atoms with van der Waals surface area (Å²) in [5.74, 6) is 0. The van der Waals surface area contributed by atoms with E-state index in [0.29, 0.717) is 6.71 Å². The lowest BCUT2D eigenvalue weighted by atomic mass is 9.37. The third kappa shape index (κ3) is 6.94. The normalized spacial score (nSPS) is 12.9. The average Bonchev–Trinajstić information content (AvgIpc) is 1.53. The Labute approximate surface area is 556 Å². The zero-order valence-electron chi connectivity index (χ0n) is 52.3. The van der Waals surface area contributed by atoms with E-state index in [2.05, 4.69) is 341 Å². The lowest BCUT2D eigenvalue weighted by Gasteiger charge is -2.27. The van der Waals surface area contributed by atoms with Crippen LogP contribution in [0.5, 0.6) is 0 Å². The Morgan fingerprint density at radius 1 is 0.198 bits per heavy atom. The molecule has 6 aliphatic rings. The summed E-state index contributed by atoms with van der Waals surface area (Å²) in [5, 5.41) is 8.03. The minimum Gasteiger partial charge on any atom is -0.310 e. The number of para-hydroxylation sites is 6. The maximum absolute atomic E-state index is 2.55. The molecule has 0 radical (unpaired) electrons. The molecular formula is C90H54B3N3. The molecule has 15 aromatic carbocycles. The van der Waals surface area contributed by atoms with Gasteiger partial charge in [-0.15, -0.1) is 0 Å². The molecule has 3 aromatic heterocycles. The van der Waals surface area contributed by atoms with Crippen molar-refractivity contribution >= 4 is 135 Å². The summed E-state index contributed by atoms with van der Waals surface area (Å²) < 4.78 is 7.58. The van der Waals surface area contributed by atoms with Crippen molar-refractivity contribution < 1.29 is 0 Å². The monoisotopic (exact) mass is 1210 g/mol. The maximum atomic E-state index is 2.55. The lowest BCUT2D eigenvalue weighted by Crippen LogP contribution is -2.53. The second-order valence-corrected chi connectivity index (χ2v) is 26.7. The van der Waals surface area contributed by atoms with Crippen molar-refractivity contribution in [1.82, 2.24) is 13.7 Å². The third-order valence-corrected chi connectivity index (χ3v) is 22.2. The van der Waals surface area contributed by atoms with Crippen LogP contribution in [0.25, 0.3) is 149 Å². The van der Waals surface area contributed by atoms with Crippen LogP contribution in [-0.2, 0) is 0 Å². The van der Waals surface area contributed by atoms with Gasteiger partial charge in [-0.3, -0.25) is 0 Å². The molecule has 96 heavy (non-hydrogen) atoms. The molecular weight excluding hydrogens is 1160 g/mol. The van der Waals surface area contributed by atoms with Crippen LogP contribution >= 0.6 is 0 Å². The van der Waals surface area contributed by atoms with Crippen LogP contribution in [-0.4, -0.2) is 33.8 Å². The van der Waals surface area contributed by atoms with Gasteiger partial charge in [0.05, 0.1) is 16.6 Å². The molecule has 0 aliphatic carbocycles. The van der Waals surface area contributed by atoms with Gasteiger partial charge in [0.15, 0.2) is 0 Å². The summed E-state index contributed by atoms with van der Waals surface area (Å²) in [5.41, 5.74) is 40.8. The van der Waals surface area contributed by atoms with Crippen molar-refractivity contribution in [2.24, 2.45) is 0 Å². The van der Waals surface area contributed by atoms with Crippen LogP contribution in [0.1, 0.15) is 0 Å². The zero-order chi connectivity index (χ0) is 62.4. The predicted octanol–water partition coefficient (Wildman–Crippen LogP) is 15.8. The summed E-state index contributed by atoms with van der Waals surface area (Å²) in [6.45, 7) is 0.849. The summed E-state index contributed by atoms with van der Waals surface area (Å²) in [7, 11) is 0. The van der Waals surface area contributed by atoms with Gasteiger partial charge in [0.25, 0.3) is 0 Å². The van der Waals surface area contributed by atoms with Gasteiger partial charge in [-0.05, 0) is 130 Å². The van der Waals surface area contributed by atoms with Crippen molar-refractivity contribution in [3.8, 4) is 83.8 Å². The molecule has 438 valence electrons. The van der Waals surface area contributed by atoms with Gasteiger partial charge in [0.1, 0.15) is 0 Å². The van der Waals surface area contributed by atoms with Gasteiger partial charge in [-0.1, -0.05) is 308 Å². The molecule has 24 rings (SSSR count). The second-order valence-electron chi connectivity index (χ2n) is 26.7. The van der Waals surface area contributed by atoms with E-state index in [1.165, 1.54) is 198 Å². The van der Waals surface area contributed by atoms with Crippen molar-refractivity contribution in [1.29, 1.82) is 0 Å². The highest BCUT2D eigenvalue weighted by Crippen LogP contribution is 2.45. The zero-order valence-corrected chi connectivity index (χ0v) is 52.3. The molecule has 0 bridgehead atoms. The Morgan fingerprint density at radius 2 is 0.583 bits per heavy atom. The van der Waals surface area contributed by atoms with Gasteiger partial charge in [-0.25, -0.2) is 0 Å². The second kappa shape index (κ2) is 19.7. The highest BCUT2D eigenvalue weighted by molar-refractivity contribution is 7.03. The summed E-state index contributed by atoms with van der Waals surface area (Å²) in [4.78, 5) is 0. The van der Waals surface area contributed by atoms with E-state index < -0.39 is 0 Å². The Hall–Kier alpha value is -12.1. The van der Waals surface area contributed by atoms with Crippen LogP contribution < -0.4 is 49.2 Å². The Balaban J connectivity index is 0.0000000930. The molecule has 0 amide bonds. The molecule has 0 saturated carbocycles. The Kier molecular flexibility index (Phi) is 10.8. The van der Waals surface area contributed by atoms with Crippen LogP contribution in [0.15, 0.2) is 328 Å². The fourth-order valence-corrected chi connectivity index (χ4v) is 18.6. The molecule has 0 unspecified atom stereocenters. The van der Waals surface area contributed by atoms with Crippen molar-refractivity contribution in [2.75, 3.05) is 0 Å². The summed E-state index contributed by atoms with van der Waals surface area (Å²) in [6, 6.07) is 121. The molecule has 0 saturated heterocycles. The van der Waals surface area contributed by atoms with E-state index in [1.807, 2.05) is 0 Å². The SMILES string of the molecule is c1ccc(-c2cc3c4c(c2)-n2c5ccccc5c5cccc(c52)B4c2ccccc2-3)cc1.c1ccc(-c2ccc3c4c2-c2ccccc2B4c2cccc4c5ccccc5n-3c24)cc1.c1ccc(-c2ccc3c4c2-n2c5ccccc5c5cccc(c52)B4c2ccccc2-3)cc1. The fraction of sp³-hybridized carbons (Fsp3) is 0. The molecule has 18 aromatic rings. The number of benzene rings is 15. The van der Waals surface area contributed by atoms with Gasteiger partial charge in [-0.2, -0.15) is 0 Å². The van der Waals surface area contributed by atoms with Crippen LogP contribution in [0.3, 0.4) is 0 Å². The largest absolute Gasteiger partial charge is 0.310 e. The van der Waals surface area contributed by atoms with E-state index >= 15 is 0 Å².